The molecule has 0 saturated carbocycles. The second-order valence-corrected chi connectivity index (χ2v) is 8.98. The standard InChI is InChI=1S/C22H22N4O5S/c1-25-17-7-5-4-6-15(17)16-12-14(8-9-18(16)25)32(28,29)26(13-20(23)27)19-10-11-21(30-2)24-22(19)31-3/h4-12H,13H2,1-3H3,(H2,23,27). The predicted molar refractivity (Wildman–Crippen MR) is 121 cm³/mol. The summed E-state index contributed by atoms with van der Waals surface area (Å²) in [5.41, 5.74) is 7.32. The Labute approximate surface area is 185 Å². The van der Waals surface area contributed by atoms with Crippen molar-refractivity contribution in [3.8, 4) is 11.8 Å². The van der Waals surface area contributed by atoms with Crippen LogP contribution < -0.4 is 19.5 Å². The summed E-state index contributed by atoms with van der Waals surface area (Å²) < 4.78 is 40.6. The van der Waals surface area contributed by atoms with E-state index in [9.17, 15) is 13.2 Å². The summed E-state index contributed by atoms with van der Waals surface area (Å²) in [5, 5.41) is 1.70. The van der Waals surface area contributed by atoms with Gasteiger partial charge < -0.3 is 19.8 Å². The molecule has 0 fully saturated rings. The Bertz CT molecular complexity index is 1450. The molecule has 4 rings (SSSR count). The zero-order chi connectivity index (χ0) is 23.0. The van der Waals surface area contributed by atoms with Crippen molar-refractivity contribution in [2.75, 3.05) is 25.1 Å². The van der Waals surface area contributed by atoms with Gasteiger partial charge in [0.15, 0.2) is 0 Å². The molecule has 166 valence electrons. The number of ether oxygens (including phenoxy) is 2. The number of carbonyl (C=O) groups is 1. The SMILES string of the molecule is COc1ccc(N(CC(N)=O)S(=O)(=O)c2ccc3c(c2)c2ccccc2n3C)c(OC)n1. The van der Waals surface area contributed by atoms with Gasteiger partial charge in [-0.15, -0.1) is 0 Å². The van der Waals surface area contributed by atoms with Crippen molar-refractivity contribution in [2.24, 2.45) is 12.8 Å². The number of sulfonamides is 1. The molecule has 10 heteroatoms. The summed E-state index contributed by atoms with van der Waals surface area (Å²) in [6.45, 7) is -0.583. The summed E-state index contributed by atoms with van der Waals surface area (Å²) in [6.07, 6.45) is 0. The molecule has 0 bridgehead atoms. The lowest BCUT2D eigenvalue weighted by Gasteiger charge is -2.24. The first kappa shape index (κ1) is 21.4. The number of carbonyl (C=O) groups excluding carboxylic acids is 1. The Morgan fingerprint density at radius 1 is 1.03 bits per heavy atom. The average Bonchev–Trinajstić information content (AvgIpc) is 3.08. The van der Waals surface area contributed by atoms with Crippen LogP contribution in [-0.4, -0.2) is 44.6 Å². The van der Waals surface area contributed by atoms with E-state index in [2.05, 4.69) is 4.98 Å². The van der Waals surface area contributed by atoms with Gasteiger partial charge in [-0.05, 0) is 30.3 Å². The van der Waals surface area contributed by atoms with E-state index in [-0.39, 0.29) is 22.3 Å². The Balaban J connectivity index is 1.91. The summed E-state index contributed by atoms with van der Waals surface area (Å²) in [7, 11) is 0.512. The maximum absolute atomic E-state index is 13.7. The summed E-state index contributed by atoms with van der Waals surface area (Å²) in [4.78, 5) is 15.9. The fourth-order valence-electron chi connectivity index (χ4n) is 3.75. The van der Waals surface area contributed by atoms with Gasteiger partial charge in [0.25, 0.3) is 10.0 Å². The maximum Gasteiger partial charge on any atom is 0.264 e. The van der Waals surface area contributed by atoms with Crippen LogP contribution in [0, 0.1) is 0 Å². The van der Waals surface area contributed by atoms with Gasteiger partial charge >= 0.3 is 0 Å². The van der Waals surface area contributed by atoms with Gasteiger partial charge in [0.2, 0.25) is 17.7 Å². The number of amides is 1. The minimum absolute atomic E-state index is 0.0135. The van der Waals surface area contributed by atoms with Crippen LogP contribution in [0.25, 0.3) is 21.8 Å². The number of para-hydroxylation sites is 1. The lowest BCUT2D eigenvalue weighted by molar-refractivity contribution is -0.116. The van der Waals surface area contributed by atoms with E-state index >= 15 is 0 Å². The minimum Gasteiger partial charge on any atom is -0.481 e. The lowest BCUT2D eigenvalue weighted by Crippen LogP contribution is -2.38. The van der Waals surface area contributed by atoms with Crippen LogP contribution >= 0.6 is 0 Å². The van der Waals surface area contributed by atoms with E-state index in [4.69, 9.17) is 15.2 Å². The molecule has 4 aromatic rings. The quantitative estimate of drug-likeness (QED) is 0.458. The molecule has 32 heavy (non-hydrogen) atoms. The first-order valence-electron chi connectivity index (χ1n) is 9.65. The number of aryl methyl sites for hydroxylation is 1. The Hall–Kier alpha value is -3.79. The Morgan fingerprint density at radius 3 is 2.44 bits per heavy atom. The lowest BCUT2D eigenvalue weighted by atomic mass is 10.1. The number of aromatic nitrogens is 2. The van der Waals surface area contributed by atoms with Gasteiger partial charge in [-0.25, -0.2) is 8.42 Å². The maximum atomic E-state index is 13.7. The third-order valence-electron chi connectivity index (χ3n) is 5.26. The molecule has 0 radical (unpaired) electrons. The number of anilines is 1. The van der Waals surface area contributed by atoms with Crippen molar-refractivity contribution in [1.82, 2.24) is 9.55 Å². The van der Waals surface area contributed by atoms with E-state index in [1.54, 1.807) is 12.1 Å². The number of rotatable bonds is 7. The normalized spacial score (nSPS) is 11.6. The summed E-state index contributed by atoms with van der Waals surface area (Å²) in [6, 6.07) is 15.5. The second-order valence-electron chi connectivity index (χ2n) is 7.12. The fraction of sp³-hybridized carbons (Fsp3) is 0.182. The zero-order valence-electron chi connectivity index (χ0n) is 17.8. The van der Waals surface area contributed by atoms with E-state index in [1.807, 2.05) is 35.9 Å². The highest BCUT2D eigenvalue weighted by Gasteiger charge is 2.30. The number of methoxy groups -OCH3 is 2. The highest BCUT2D eigenvalue weighted by atomic mass is 32.2. The number of fused-ring (bicyclic) bond motifs is 3. The smallest absolute Gasteiger partial charge is 0.264 e. The molecular formula is C22H22N4O5S. The number of hydrogen-bond donors (Lipinski definition) is 1. The minimum atomic E-state index is -4.19. The molecule has 0 unspecified atom stereocenters. The van der Waals surface area contributed by atoms with Crippen molar-refractivity contribution in [3.63, 3.8) is 0 Å². The summed E-state index contributed by atoms with van der Waals surface area (Å²) in [5.74, 6) is -0.600. The van der Waals surface area contributed by atoms with Gasteiger partial charge in [0.1, 0.15) is 12.2 Å². The Morgan fingerprint density at radius 2 is 1.75 bits per heavy atom. The van der Waals surface area contributed by atoms with Crippen LogP contribution in [-0.2, 0) is 21.9 Å². The molecule has 2 N–H and O–H groups in total. The largest absolute Gasteiger partial charge is 0.481 e. The van der Waals surface area contributed by atoms with Gasteiger partial charge in [0, 0.05) is 34.9 Å². The molecular weight excluding hydrogens is 432 g/mol. The van der Waals surface area contributed by atoms with Crippen LogP contribution in [0.1, 0.15) is 0 Å². The molecule has 0 aliphatic carbocycles. The predicted octanol–water partition coefficient (Wildman–Crippen LogP) is 2.42. The highest BCUT2D eigenvalue weighted by Crippen LogP contribution is 2.35. The highest BCUT2D eigenvalue weighted by molar-refractivity contribution is 7.92. The van der Waals surface area contributed by atoms with Crippen molar-refractivity contribution in [3.05, 3.63) is 54.6 Å². The third kappa shape index (κ3) is 3.48. The number of hydrogen-bond acceptors (Lipinski definition) is 6. The van der Waals surface area contributed by atoms with Crippen LogP contribution in [0.5, 0.6) is 11.8 Å². The van der Waals surface area contributed by atoms with Gasteiger partial charge in [0.05, 0.1) is 19.1 Å². The summed E-state index contributed by atoms with van der Waals surface area (Å²) >= 11 is 0. The molecule has 9 nitrogen and oxygen atoms in total. The van der Waals surface area contributed by atoms with E-state index in [1.165, 1.54) is 32.4 Å². The number of nitrogens with zero attached hydrogens (tertiary/aromatic N) is 3. The van der Waals surface area contributed by atoms with E-state index in [0.717, 1.165) is 26.1 Å². The number of nitrogens with two attached hydrogens (primary N) is 1. The Kier molecular flexibility index (Phi) is 5.39. The zero-order valence-corrected chi connectivity index (χ0v) is 18.6. The topological polar surface area (TPSA) is 117 Å². The number of benzene rings is 2. The molecule has 0 spiro atoms. The number of primary amides is 1. The molecule has 2 heterocycles. The van der Waals surface area contributed by atoms with Crippen LogP contribution in [0.3, 0.4) is 0 Å². The molecule has 0 atom stereocenters. The first-order chi connectivity index (χ1) is 15.3. The van der Waals surface area contributed by atoms with Crippen LogP contribution in [0.15, 0.2) is 59.5 Å². The monoisotopic (exact) mass is 454 g/mol. The molecule has 2 aromatic heterocycles. The first-order valence-corrected chi connectivity index (χ1v) is 11.1. The molecule has 1 amide bonds. The van der Waals surface area contributed by atoms with Gasteiger partial charge in [-0.1, -0.05) is 18.2 Å². The van der Waals surface area contributed by atoms with Crippen molar-refractivity contribution >= 4 is 43.4 Å². The van der Waals surface area contributed by atoms with Crippen LogP contribution in [0.4, 0.5) is 5.69 Å². The molecule has 2 aromatic carbocycles. The van der Waals surface area contributed by atoms with E-state index < -0.39 is 22.5 Å². The average molecular weight is 455 g/mol. The van der Waals surface area contributed by atoms with Crippen LogP contribution in [0.2, 0.25) is 0 Å². The third-order valence-corrected chi connectivity index (χ3v) is 7.01. The number of pyridine rings is 1. The molecule has 0 aliphatic rings. The molecule has 0 saturated heterocycles. The van der Waals surface area contributed by atoms with E-state index in [0.29, 0.717) is 0 Å². The van der Waals surface area contributed by atoms with Gasteiger partial charge in [-0.2, -0.15) is 4.98 Å². The van der Waals surface area contributed by atoms with Crippen molar-refractivity contribution < 1.29 is 22.7 Å². The van der Waals surface area contributed by atoms with Crippen molar-refractivity contribution in [2.45, 2.75) is 4.90 Å². The fourth-order valence-corrected chi connectivity index (χ4v) is 5.20. The second kappa shape index (κ2) is 8.04. The van der Waals surface area contributed by atoms with Crippen molar-refractivity contribution in [1.29, 1.82) is 0 Å². The van der Waals surface area contributed by atoms with Gasteiger partial charge in [-0.3, -0.25) is 9.10 Å². The molecule has 0 aliphatic heterocycles.